The van der Waals surface area contributed by atoms with Crippen LogP contribution in [0.25, 0.3) is 0 Å². The van der Waals surface area contributed by atoms with Gasteiger partial charge in [-0.2, -0.15) is 0 Å². The van der Waals surface area contributed by atoms with E-state index in [0.29, 0.717) is 18.7 Å². The molecule has 0 bridgehead atoms. The third-order valence-electron chi connectivity index (χ3n) is 2.67. The number of hydrogen-bond donors (Lipinski definition) is 1. The van der Waals surface area contributed by atoms with E-state index in [9.17, 15) is 9.18 Å². The third kappa shape index (κ3) is 2.79. The lowest BCUT2D eigenvalue weighted by atomic mass is 10.1. The van der Waals surface area contributed by atoms with Gasteiger partial charge in [0.1, 0.15) is 5.82 Å². The Bertz CT molecular complexity index is 347. The van der Waals surface area contributed by atoms with E-state index < -0.39 is 0 Å². The lowest BCUT2D eigenvalue weighted by molar-refractivity contribution is -0.121. The summed E-state index contributed by atoms with van der Waals surface area (Å²) in [5.41, 5.74) is 6.20. The number of carbonyl (C=O) groups is 1. The Balaban J connectivity index is 2.81. The molecule has 0 heterocycles. The number of anilines is 1. The highest BCUT2D eigenvalue weighted by Crippen LogP contribution is 2.16. The van der Waals surface area contributed by atoms with Crippen LogP contribution in [-0.2, 0) is 4.79 Å². The minimum absolute atomic E-state index is 0.0309. The van der Waals surface area contributed by atoms with Gasteiger partial charge in [-0.15, -0.1) is 0 Å². The quantitative estimate of drug-likeness (QED) is 0.847. The largest absolute Gasteiger partial charge is 0.330 e. The number of amides is 1. The van der Waals surface area contributed by atoms with Crippen molar-refractivity contribution in [2.24, 2.45) is 11.7 Å². The van der Waals surface area contributed by atoms with Crippen molar-refractivity contribution >= 4 is 11.6 Å². The van der Waals surface area contributed by atoms with E-state index in [1.807, 2.05) is 6.92 Å². The lowest BCUT2D eigenvalue weighted by Crippen LogP contribution is -2.36. The Labute approximate surface area is 95.0 Å². The minimum atomic E-state index is -0.310. The molecule has 0 saturated heterocycles. The summed E-state index contributed by atoms with van der Waals surface area (Å²) < 4.78 is 12.7. The average molecular weight is 224 g/mol. The zero-order chi connectivity index (χ0) is 12.1. The highest BCUT2D eigenvalue weighted by molar-refractivity contribution is 5.94. The molecule has 1 rings (SSSR count). The molecule has 0 radical (unpaired) electrons. The molecular formula is C12H17FN2O. The van der Waals surface area contributed by atoms with Crippen LogP contribution in [-0.4, -0.2) is 19.5 Å². The summed E-state index contributed by atoms with van der Waals surface area (Å²) in [6.45, 7) is 2.26. The van der Waals surface area contributed by atoms with Crippen LogP contribution in [0.5, 0.6) is 0 Å². The van der Waals surface area contributed by atoms with Gasteiger partial charge in [0.05, 0.1) is 5.92 Å². The van der Waals surface area contributed by atoms with E-state index >= 15 is 0 Å². The Morgan fingerprint density at radius 2 is 2.00 bits per heavy atom. The molecule has 2 N–H and O–H groups in total. The summed E-state index contributed by atoms with van der Waals surface area (Å²) in [7, 11) is 1.67. The number of halogens is 1. The highest BCUT2D eigenvalue weighted by Gasteiger charge is 2.19. The summed E-state index contributed by atoms with van der Waals surface area (Å²) in [6.07, 6.45) is 0.709. The fraction of sp³-hybridized carbons (Fsp3) is 0.417. The maximum atomic E-state index is 12.7. The van der Waals surface area contributed by atoms with Crippen LogP contribution in [0.2, 0.25) is 0 Å². The standard InChI is InChI=1S/C12H17FN2O/c1-3-9(8-14)12(16)15(2)11-6-4-10(13)5-7-11/h4-7,9H,3,8,14H2,1-2H3. The molecule has 0 aliphatic carbocycles. The first-order valence-electron chi connectivity index (χ1n) is 5.33. The van der Waals surface area contributed by atoms with E-state index in [4.69, 9.17) is 5.73 Å². The molecule has 4 heteroatoms. The zero-order valence-corrected chi connectivity index (χ0v) is 9.61. The first-order chi connectivity index (χ1) is 7.60. The summed E-state index contributed by atoms with van der Waals surface area (Å²) in [5, 5.41) is 0. The monoisotopic (exact) mass is 224 g/mol. The molecule has 88 valence electrons. The third-order valence-corrected chi connectivity index (χ3v) is 2.67. The number of nitrogens with zero attached hydrogens (tertiary/aromatic N) is 1. The number of nitrogens with two attached hydrogens (primary N) is 1. The van der Waals surface area contributed by atoms with Crippen molar-refractivity contribution < 1.29 is 9.18 Å². The van der Waals surface area contributed by atoms with Gasteiger partial charge < -0.3 is 10.6 Å². The average Bonchev–Trinajstić information content (AvgIpc) is 2.30. The van der Waals surface area contributed by atoms with Crippen molar-refractivity contribution in [3.63, 3.8) is 0 Å². The van der Waals surface area contributed by atoms with Crippen LogP contribution in [0.1, 0.15) is 13.3 Å². The van der Waals surface area contributed by atoms with Crippen molar-refractivity contribution in [1.29, 1.82) is 0 Å². The predicted molar refractivity (Wildman–Crippen MR) is 62.6 cm³/mol. The maximum Gasteiger partial charge on any atom is 0.231 e. The fourth-order valence-corrected chi connectivity index (χ4v) is 1.51. The molecule has 0 aliphatic heterocycles. The number of rotatable bonds is 4. The predicted octanol–water partition coefficient (Wildman–Crippen LogP) is 1.77. The van der Waals surface area contributed by atoms with Crippen LogP contribution >= 0.6 is 0 Å². The molecule has 0 fully saturated rings. The molecule has 1 aromatic carbocycles. The molecule has 0 saturated carbocycles. The molecule has 1 unspecified atom stereocenters. The van der Waals surface area contributed by atoms with Gasteiger partial charge in [-0.05, 0) is 30.7 Å². The van der Waals surface area contributed by atoms with E-state index in [2.05, 4.69) is 0 Å². The Morgan fingerprint density at radius 1 is 1.44 bits per heavy atom. The van der Waals surface area contributed by atoms with Gasteiger partial charge in [-0.25, -0.2) is 4.39 Å². The molecule has 0 aromatic heterocycles. The Hall–Kier alpha value is -1.42. The molecule has 3 nitrogen and oxygen atoms in total. The summed E-state index contributed by atoms with van der Waals surface area (Å²) in [5.74, 6) is -0.512. The van der Waals surface area contributed by atoms with E-state index in [1.165, 1.54) is 17.0 Å². The number of hydrogen-bond acceptors (Lipinski definition) is 2. The van der Waals surface area contributed by atoms with Crippen LogP contribution in [0, 0.1) is 11.7 Å². The Kier molecular flexibility index (Phi) is 4.43. The second-order valence-electron chi connectivity index (χ2n) is 3.71. The van der Waals surface area contributed by atoms with E-state index in [-0.39, 0.29) is 17.6 Å². The number of carbonyl (C=O) groups excluding carboxylic acids is 1. The minimum Gasteiger partial charge on any atom is -0.330 e. The normalized spacial score (nSPS) is 12.2. The van der Waals surface area contributed by atoms with Gasteiger partial charge in [0.2, 0.25) is 5.91 Å². The molecule has 0 aliphatic rings. The molecule has 1 atom stereocenters. The highest BCUT2D eigenvalue weighted by atomic mass is 19.1. The second-order valence-corrected chi connectivity index (χ2v) is 3.71. The first-order valence-corrected chi connectivity index (χ1v) is 5.33. The Morgan fingerprint density at radius 3 is 2.44 bits per heavy atom. The van der Waals surface area contributed by atoms with Crippen molar-refractivity contribution in [3.05, 3.63) is 30.1 Å². The maximum absolute atomic E-state index is 12.7. The van der Waals surface area contributed by atoms with Gasteiger partial charge in [0.15, 0.2) is 0 Å². The van der Waals surface area contributed by atoms with Gasteiger partial charge in [0, 0.05) is 19.3 Å². The van der Waals surface area contributed by atoms with Crippen molar-refractivity contribution in [2.45, 2.75) is 13.3 Å². The molecular weight excluding hydrogens is 207 g/mol. The van der Waals surface area contributed by atoms with Gasteiger partial charge in [-0.1, -0.05) is 6.92 Å². The molecule has 0 spiro atoms. The van der Waals surface area contributed by atoms with Crippen LogP contribution in [0.4, 0.5) is 10.1 Å². The van der Waals surface area contributed by atoms with E-state index in [1.54, 1.807) is 19.2 Å². The summed E-state index contributed by atoms with van der Waals surface area (Å²) in [6, 6.07) is 5.83. The number of benzene rings is 1. The molecule has 1 aromatic rings. The van der Waals surface area contributed by atoms with Gasteiger partial charge in [-0.3, -0.25) is 4.79 Å². The van der Waals surface area contributed by atoms with Crippen LogP contribution in [0.15, 0.2) is 24.3 Å². The second kappa shape index (κ2) is 5.61. The van der Waals surface area contributed by atoms with Gasteiger partial charge in [0.25, 0.3) is 0 Å². The first kappa shape index (κ1) is 12.6. The topological polar surface area (TPSA) is 46.3 Å². The lowest BCUT2D eigenvalue weighted by Gasteiger charge is -2.22. The SMILES string of the molecule is CCC(CN)C(=O)N(C)c1ccc(F)cc1. The van der Waals surface area contributed by atoms with Crippen LogP contribution in [0.3, 0.4) is 0 Å². The van der Waals surface area contributed by atoms with Crippen molar-refractivity contribution in [2.75, 3.05) is 18.5 Å². The van der Waals surface area contributed by atoms with E-state index in [0.717, 1.165) is 0 Å². The smallest absolute Gasteiger partial charge is 0.231 e. The van der Waals surface area contributed by atoms with Crippen molar-refractivity contribution in [3.8, 4) is 0 Å². The summed E-state index contributed by atoms with van der Waals surface area (Å²) >= 11 is 0. The fourth-order valence-electron chi connectivity index (χ4n) is 1.51. The molecule has 1 amide bonds. The van der Waals surface area contributed by atoms with Gasteiger partial charge >= 0.3 is 0 Å². The van der Waals surface area contributed by atoms with Crippen molar-refractivity contribution in [1.82, 2.24) is 0 Å². The molecule has 16 heavy (non-hydrogen) atoms. The zero-order valence-electron chi connectivity index (χ0n) is 9.61. The van der Waals surface area contributed by atoms with Crippen LogP contribution < -0.4 is 10.6 Å². The summed E-state index contributed by atoms with van der Waals surface area (Å²) in [4.78, 5) is 13.5.